The van der Waals surface area contributed by atoms with Crippen molar-refractivity contribution in [2.45, 2.75) is 25.7 Å². The third-order valence-electron chi connectivity index (χ3n) is 3.68. The first-order valence-electron chi connectivity index (χ1n) is 7.69. The molecule has 1 aliphatic heterocycles. The summed E-state index contributed by atoms with van der Waals surface area (Å²) in [6.07, 6.45) is 2.99. The van der Waals surface area contributed by atoms with E-state index in [0.717, 1.165) is 31.6 Å². The van der Waals surface area contributed by atoms with Gasteiger partial charge in [-0.05, 0) is 50.1 Å². The van der Waals surface area contributed by atoms with Gasteiger partial charge in [-0.25, -0.2) is 0 Å². The van der Waals surface area contributed by atoms with E-state index in [1.165, 1.54) is 0 Å². The number of hydrogen-bond acceptors (Lipinski definition) is 3. The summed E-state index contributed by atoms with van der Waals surface area (Å²) in [5.41, 5.74) is 0.728. The van der Waals surface area contributed by atoms with Crippen LogP contribution in [0, 0.1) is 5.92 Å². The van der Waals surface area contributed by atoms with Gasteiger partial charge in [0.15, 0.2) is 0 Å². The number of anilines is 1. The molecule has 3 N–H and O–H groups in total. The third-order valence-corrected chi connectivity index (χ3v) is 3.93. The fourth-order valence-electron chi connectivity index (χ4n) is 2.44. The van der Waals surface area contributed by atoms with Crippen LogP contribution in [-0.2, 0) is 9.59 Å². The van der Waals surface area contributed by atoms with Gasteiger partial charge < -0.3 is 16.0 Å². The van der Waals surface area contributed by atoms with Crippen LogP contribution in [0.5, 0.6) is 0 Å². The van der Waals surface area contributed by atoms with E-state index in [-0.39, 0.29) is 17.7 Å². The number of carbonyl (C=O) groups is 2. The quantitative estimate of drug-likeness (QED) is 0.703. The number of carbonyl (C=O) groups excluding carboxylic acids is 2. The second-order valence-corrected chi connectivity index (χ2v) is 5.93. The number of benzene rings is 1. The van der Waals surface area contributed by atoms with E-state index in [4.69, 9.17) is 11.6 Å². The van der Waals surface area contributed by atoms with Crippen molar-refractivity contribution < 1.29 is 9.59 Å². The van der Waals surface area contributed by atoms with Gasteiger partial charge in [0, 0.05) is 30.2 Å². The standard InChI is InChI=1S/C16H22ClN3O2/c17-13-5-7-14(8-6-13)20-15(21)4-2-10-19-16(22)12-3-1-9-18-11-12/h5-8,12,18H,1-4,9-11H2,(H,19,22)(H,20,21). The summed E-state index contributed by atoms with van der Waals surface area (Å²) in [5.74, 6) is 0.0952. The molecule has 1 aromatic rings. The summed E-state index contributed by atoms with van der Waals surface area (Å²) in [6, 6.07) is 6.99. The minimum absolute atomic E-state index is 0.0593. The molecule has 120 valence electrons. The summed E-state index contributed by atoms with van der Waals surface area (Å²) < 4.78 is 0. The van der Waals surface area contributed by atoms with E-state index in [1.54, 1.807) is 24.3 Å². The van der Waals surface area contributed by atoms with Crippen molar-refractivity contribution in [2.24, 2.45) is 5.92 Å². The molecule has 1 atom stereocenters. The van der Waals surface area contributed by atoms with Gasteiger partial charge in [-0.15, -0.1) is 0 Å². The van der Waals surface area contributed by atoms with E-state index < -0.39 is 0 Å². The SMILES string of the molecule is O=C(CCCNC(=O)C1CCCNC1)Nc1ccc(Cl)cc1. The highest BCUT2D eigenvalue weighted by Crippen LogP contribution is 2.13. The van der Waals surface area contributed by atoms with Gasteiger partial charge in [-0.1, -0.05) is 11.6 Å². The molecule has 0 spiro atoms. The fourth-order valence-corrected chi connectivity index (χ4v) is 2.56. The van der Waals surface area contributed by atoms with Crippen molar-refractivity contribution in [3.8, 4) is 0 Å². The number of piperidine rings is 1. The molecule has 0 aliphatic carbocycles. The summed E-state index contributed by atoms with van der Waals surface area (Å²) in [6.45, 7) is 2.28. The summed E-state index contributed by atoms with van der Waals surface area (Å²) >= 11 is 5.79. The van der Waals surface area contributed by atoms with Gasteiger partial charge in [0.05, 0.1) is 5.92 Å². The Morgan fingerprint density at radius 3 is 2.73 bits per heavy atom. The van der Waals surface area contributed by atoms with Crippen LogP contribution in [0.25, 0.3) is 0 Å². The lowest BCUT2D eigenvalue weighted by atomic mass is 9.99. The third kappa shape index (κ3) is 5.66. The molecule has 0 radical (unpaired) electrons. The van der Waals surface area contributed by atoms with E-state index >= 15 is 0 Å². The molecule has 6 heteroatoms. The molecule has 0 aromatic heterocycles. The van der Waals surface area contributed by atoms with Crippen LogP contribution in [0.2, 0.25) is 5.02 Å². The summed E-state index contributed by atoms with van der Waals surface area (Å²) in [7, 11) is 0. The predicted molar refractivity (Wildman–Crippen MR) is 87.9 cm³/mol. The Hall–Kier alpha value is -1.59. The van der Waals surface area contributed by atoms with E-state index in [2.05, 4.69) is 16.0 Å². The molecule has 22 heavy (non-hydrogen) atoms. The van der Waals surface area contributed by atoms with Crippen LogP contribution in [0.3, 0.4) is 0 Å². The Labute approximate surface area is 135 Å². The maximum Gasteiger partial charge on any atom is 0.224 e. The summed E-state index contributed by atoms with van der Waals surface area (Å²) in [5, 5.41) is 9.56. The Balaban J connectivity index is 1.60. The van der Waals surface area contributed by atoms with Gasteiger partial charge in [0.2, 0.25) is 11.8 Å². The Morgan fingerprint density at radius 1 is 1.27 bits per heavy atom. The highest BCUT2D eigenvalue weighted by Gasteiger charge is 2.20. The number of amides is 2. The van der Waals surface area contributed by atoms with Crippen molar-refractivity contribution >= 4 is 29.1 Å². The Bertz CT molecular complexity index is 499. The average molecular weight is 324 g/mol. The zero-order chi connectivity index (χ0) is 15.8. The van der Waals surface area contributed by atoms with Gasteiger partial charge in [-0.3, -0.25) is 9.59 Å². The van der Waals surface area contributed by atoms with Crippen LogP contribution in [0.15, 0.2) is 24.3 Å². The summed E-state index contributed by atoms with van der Waals surface area (Å²) in [4.78, 5) is 23.7. The van der Waals surface area contributed by atoms with Crippen molar-refractivity contribution in [3.63, 3.8) is 0 Å². The highest BCUT2D eigenvalue weighted by molar-refractivity contribution is 6.30. The first-order valence-corrected chi connectivity index (χ1v) is 8.07. The van der Waals surface area contributed by atoms with Gasteiger partial charge in [-0.2, -0.15) is 0 Å². The average Bonchev–Trinajstić information content (AvgIpc) is 2.54. The van der Waals surface area contributed by atoms with E-state index in [1.807, 2.05) is 0 Å². The highest BCUT2D eigenvalue weighted by atomic mass is 35.5. The zero-order valence-electron chi connectivity index (χ0n) is 12.5. The lowest BCUT2D eigenvalue weighted by Gasteiger charge is -2.21. The molecule has 2 amide bonds. The largest absolute Gasteiger partial charge is 0.356 e. The molecule has 5 nitrogen and oxygen atoms in total. The van der Waals surface area contributed by atoms with E-state index in [9.17, 15) is 9.59 Å². The van der Waals surface area contributed by atoms with Crippen LogP contribution >= 0.6 is 11.6 Å². The number of hydrogen-bond donors (Lipinski definition) is 3. The minimum atomic E-state index is -0.0593. The molecule has 1 saturated heterocycles. The molecule has 1 unspecified atom stereocenters. The second kappa shape index (κ2) is 8.76. The maximum absolute atomic E-state index is 11.9. The van der Waals surface area contributed by atoms with Crippen molar-refractivity contribution in [1.82, 2.24) is 10.6 Å². The Kier molecular flexibility index (Phi) is 6.68. The zero-order valence-corrected chi connectivity index (χ0v) is 13.3. The topological polar surface area (TPSA) is 70.2 Å². The van der Waals surface area contributed by atoms with Crippen LogP contribution in [0.1, 0.15) is 25.7 Å². The number of nitrogens with one attached hydrogen (secondary N) is 3. The lowest BCUT2D eigenvalue weighted by Crippen LogP contribution is -2.40. The Morgan fingerprint density at radius 2 is 2.05 bits per heavy atom. The van der Waals surface area contributed by atoms with Gasteiger partial charge >= 0.3 is 0 Å². The number of halogens is 1. The molecule has 1 heterocycles. The smallest absolute Gasteiger partial charge is 0.224 e. The minimum Gasteiger partial charge on any atom is -0.356 e. The van der Waals surface area contributed by atoms with Gasteiger partial charge in [0.1, 0.15) is 0 Å². The molecule has 0 bridgehead atoms. The van der Waals surface area contributed by atoms with Crippen LogP contribution in [-0.4, -0.2) is 31.4 Å². The van der Waals surface area contributed by atoms with Gasteiger partial charge in [0.25, 0.3) is 0 Å². The second-order valence-electron chi connectivity index (χ2n) is 5.49. The van der Waals surface area contributed by atoms with Crippen LogP contribution in [0.4, 0.5) is 5.69 Å². The molecule has 0 saturated carbocycles. The normalized spacial score (nSPS) is 17.8. The van der Waals surface area contributed by atoms with E-state index in [0.29, 0.717) is 24.4 Å². The molecule has 1 fully saturated rings. The van der Waals surface area contributed by atoms with Crippen LogP contribution < -0.4 is 16.0 Å². The predicted octanol–water partition coefficient (Wildman–Crippen LogP) is 2.17. The maximum atomic E-state index is 11.9. The molecular formula is C16H22ClN3O2. The van der Waals surface area contributed by atoms with Crippen molar-refractivity contribution in [3.05, 3.63) is 29.3 Å². The molecule has 1 aliphatic rings. The van der Waals surface area contributed by atoms with Crippen molar-refractivity contribution in [2.75, 3.05) is 25.0 Å². The first-order chi connectivity index (χ1) is 10.6. The van der Waals surface area contributed by atoms with Crippen molar-refractivity contribution in [1.29, 1.82) is 0 Å². The lowest BCUT2D eigenvalue weighted by molar-refractivity contribution is -0.125. The fraction of sp³-hybridized carbons (Fsp3) is 0.500. The molecule has 1 aromatic carbocycles. The first kappa shape index (κ1) is 16.8. The monoisotopic (exact) mass is 323 g/mol. The molecular weight excluding hydrogens is 302 g/mol. The number of rotatable bonds is 6. The molecule has 2 rings (SSSR count).